The van der Waals surface area contributed by atoms with Crippen LogP contribution in [-0.2, 0) is 11.3 Å². The van der Waals surface area contributed by atoms with Crippen LogP contribution in [0.5, 0.6) is 0 Å². The molecule has 19 heavy (non-hydrogen) atoms. The van der Waals surface area contributed by atoms with Gasteiger partial charge in [0.25, 0.3) is 0 Å². The first-order valence-electron chi connectivity index (χ1n) is 6.64. The quantitative estimate of drug-likeness (QED) is 0.922. The molecule has 0 radical (unpaired) electrons. The summed E-state index contributed by atoms with van der Waals surface area (Å²) < 4.78 is 7.53. The summed E-state index contributed by atoms with van der Waals surface area (Å²) in [7, 11) is 0. The number of aromatic nitrogens is 1. The third-order valence-electron chi connectivity index (χ3n) is 3.84. The van der Waals surface area contributed by atoms with Crippen molar-refractivity contribution < 1.29 is 14.6 Å². The van der Waals surface area contributed by atoms with Gasteiger partial charge >= 0.3 is 5.97 Å². The highest BCUT2D eigenvalue weighted by atomic mass is 16.5. The second-order valence-corrected chi connectivity index (χ2v) is 5.07. The third-order valence-corrected chi connectivity index (χ3v) is 3.84. The molecular weight excluding hydrogens is 242 g/mol. The highest BCUT2D eigenvalue weighted by molar-refractivity contribution is 6.02. The Balaban J connectivity index is 1.92. The van der Waals surface area contributed by atoms with E-state index < -0.39 is 5.97 Å². The van der Waals surface area contributed by atoms with Crippen LogP contribution in [0, 0.1) is 5.92 Å². The Kier molecular flexibility index (Phi) is 3.25. The van der Waals surface area contributed by atoms with Crippen molar-refractivity contribution in [1.29, 1.82) is 0 Å². The Morgan fingerprint density at radius 3 is 2.84 bits per heavy atom. The molecule has 0 amide bonds. The van der Waals surface area contributed by atoms with Gasteiger partial charge in [0.2, 0.25) is 0 Å². The number of hydrogen-bond donors (Lipinski definition) is 1. The van der Waals surface area contributed by atoms with Crippen LogP contribution in [0.2, 0.25) is 0 Å². The molecule has 1 aliphatic rings. The summed E-state index contributed by atoms with van der Waals surface area (Å²) in [5.74, 6) is -0.243. The minimum Gasteiger partial charge on any atom is -0.478 e. The lowest BCUT2D eigenvalue weighted by atomic mass is 10.0. The van der Waals surface area contributed by atoms with Crippen molar-refractivity contribution in [2.45, 2.75) is 19.4 Å². The molecule has 0 saturated carbocycles. The number of carbonyl (C=O) groups is 1. The molecule has 0 bridgehead atoms. The number of carboxylic acids is 1. The van der Waals surface area contributed by atoms with Crippen molar-refractivity contribution in [3.05, 3.63) is 36.0 Å². The molecule has 1 aromatic carbocycles. The minimum atomic E-state index is -0.866. The molecule has 4 nitrogen and oxygen atoms in total. The summed E-state index contributed by atoms with van der Waals surface area (Å²) in [4.78, 5) is 11.2. The van der Waals surface area contributed by atoms with Crippen LogP contribution >= 0.6 is 0 Å². The average Bonchev–Trinajstić information content (AvgIpc) is 2.83. The Morgan fingerprint density at radius 1 is 1.32 bits per heavy atom. The predicted octanol–water partition coefficient (Wildman–Crippen LogP) is 2.77. The van der Waals surface area contributed by atoms with Crippen LogP contribution in [0.15, 0.2) is 30.5 Å². The van der Waals surface area contributed by atoms with Gasteiger partial charge < -0.3 is 14.4 Å². The Bertz CT molecular complexity index is 596. The maximum Gasteiger partial charge on any atom is 0.336 e. The molecule has 100 valence electrons. The van der Waals surface area contributed by atoms with E-state index >= 15 is 0 Å². The zero-order chi connectivity index (χ0) is 13.2. The normalized spacial score (nSPS) is 16.8. The van der Waals surface area contributed by atoms with Gasteiger partial charge in [-0.2, -0.15) is 0 Å². The number of fused-ring (bicyclic) bond motifs is 1. The highest BCUT2D eigenvalue weighted by Crippen LogP contribution is 2.24. The van der Waals surface area contributed by atoms with Crippen LogP contribution in [-0.4, -0.2) is 28.9 Å². The van der Waals surface area contributed by atoms with Crippen LogP contribution in [0.3, 0.4) is 0 Å². The van der Waals surface area contributed by atoms with Crippen molar-refractivity contribution in [2.75, 3.05) is 13.2 Å². The molecule has 1 N–H and O–H groups in total. The minimum absolute atomic E-state index is 0.378. The summed E-state index contributed by atoms with van der Waals surface area (Å²) in [5.41, 5.74) is 1.38. The van der Waals surface area contributed by atoms with E-state index in [9.17, 15) is 9.90 Å². The summed E-state index contributed by atoms with van der Waals surface area (Å²) in [6.07, 6.45) is 4.16. The van der Waals surface area contributed by atoms with Crippen LogP contribution in [0.4, 0.5) is 0 Å². The third kappa shape index (κ3) is 2.36. The number of nitrogens with zero attached hydrogens (tertiary/aromatic N) is 1. The number of ether oxygens (including phenoxy) is 1. The second kappa shape index (κ2) is 5.05. The van der Waals surface area contributed by atoms with Gasteiger partial charge in [0.15, 0.2) is 0 Å². The molecular formula is C15H17NO3. The summed E-state index contributed by atoms with van der Waals surface area (Å²) in [6.45, 7) is 2.62. The number of hydrogen-bond acceptors (Lipinski definition) is 2. The molecule has 0 unspecified atom stereocenters. The van der Waals surface area contributed by atoms with E-state index in [0.717, 1.165) is 43.5 Å². The molecule has 0 aliphatic carbocycles. The first-order valence-corrected chi connectivity index (χ1v) is 6.64. The molecule has 1 aromatic heterocycles. The van der Waals surface area contributed by atoms with Gasteiger partial charge in [0, 0.05) is 36.9 Å². The second-order valence-electron chi connectivity index (χ2n) is 5.07. The highest BCUT2D eigenvalue weighted by Gasteiger charge is 2.16. The van der Waals surface area contributed by atoms with Crippen LogP contribution in [0.1, 0.15) is 23.2 Å². The smallest absolute Gasteiger partial charge is 0.336 e. The molecule has 2 aromatic rings. The van der Waals surface area contributed by atoms with Gasteiger partial charge in [-0.1, -0.05) is 6.07 Å². The van der Waals surface area contributed by atoms with E-state index in [1.54, 1.807) is 6.07 Å². The van der Waals surface area contributed by atoms with E-state index in [2.05, 4.69) is 4.57 Å². The topological polar surface area (TPSA) is 51.5 Å². The molecule has 0 spiro atoms. The molecule has 1 aliphatic heterocycles. The number of benzene rings is 1. The van der Waals surface area contributed by atoms with Crippen LogP contribution in [0.25, 0.3) is 10.9 Å². The van der Waals surface area contributed by atoms with Crippen LogP contribution < -0.4 is 0 Å². The van der Waals surface area contributed by atoms with E-state index in [1.807, 2.05) is 24.4 Å². The van der Waals surface area contributed by atoms with Crippen molar-refractivity contribution in [1.82, 2.24) is 4.57 Å². The van der Waals surface area contributed by atoms with Gasteiger partial charge in [0.1, 0.15) is 0 Å². The van der Waals surface area contributed by atoms with Crippen molar-refractivity contribution >= 4 is 16.9 Å². The van der Waals surface area contributed by atoms with Gasteiger partial charge in [-0.3, -0.25) is 0 Å². The molecule has 0 atom stereocenters. The summed E-state index contributed by atoms with van der Waals surface area (Å²) >= 11 is 0. The number of aromatic carboxylic acids is 1. The molecule has 3 rings (SSSR count). The Labute approximate surface area is 111 Å². The van der Waals surface area contributed by atoms with E-state index in [1.165, 1.54) is 0 Å². The molecule has 1 fully saturated rings. The van der Waals surface area contributed by atoms with Crippen molar-refractivity contribution in [2.24, 2.45) is 5.92 Å². The van der Waals surface area contributed by atoms with Gasteiger partial charge in [-0.05, 0) is 37.0 Å². The maximum absolute atomic E-state index is 11.2. The van der Waals surface area contributed by atoms with E-state index in [4.69, 9.17) is 4.74 Å². The number of carboxylic acid groups (broad SMARTS) is 1. The summed E-state index contributed by atoms with van der Waals surface area (Å²) in [5, 5.41) is 10.0. The standard InChI is InChI=1S/C15H17NO3/c17-15(18)13-2-1-3-14-12(13)4-7-16(14)10-11-5-8-19-9-6-11/h1-4,7,11H,5-6,8-10H2,(H,17,18). The lowest BCUT2D eigenvalue weighted by Gasteiger charge is -2.22. The predicted molar refractivity (Wildman–Crippen MR) is 72.4 cm³/mol. The molecule has 2 heterocycles. The first kappa shape index (κ1) is 12.2. The average molecular weight is 259 g/mol. The lowest BCUT2D eigenvalue weighted by Crippen LogP contribution is -2.20. The Morgan fingerprint density at radius 2 is 2.11 bits per heavy atom. The van der Waals surface area contributed by atoms with E-state index in [0.29, 0.717) is 11.5 Å². The molecule has 4 heteroatoms. The summed E-state index contributed by atoms with van der Waals surface area (Å²) in [6, 6.07) is 7.36. The monoisotopic (exact) mass is 259 g/mol. The van der Waals surface area contributed by atoms with Gasteiger partial charge in [-0.15, -0.1) is 0 Å². The fraction of sp³-hybridized carbons (Fsp3) is 0.400. The van der Waals surface area contributed by atoms with Crippen molar-refractivity contribution in [3.63, 3.8) is 0 Å². The fourth-order valence-electron chi connectivity index (χ4n) is 2.78. The fourth-order valence-corrected chi connectivity index (χ4v) is 2.78. The largest absolute Gasteiger partial charge is 0.478 e. The van der Waals surface area contributed by atoms with Gasteiger partial charge in [0.05, 0.1) is 5.56 Å². The van der Waals surface area contributed by atoms with Crippen molar-refractivity contribution in [3.8, 4) is 0 Å². The Hall–Kier alpha value is -1.81. The first-order chi connectivity index (χ1) is 9.25. The zero-order valence-electron chi connectivity index (χ0n) is 10.7. The SMILES string of the molecule is O=C(O)c1cccc2c1ccn2CC1CCOCC1. The molecule has 1 saturated heterocycles. The van der Waals surface area contributed by atoms with Gasteiger partial charge in [-0.25, -0.2) is 4.79 Å². The van der Waals surface area contributed by atoms with E-state index in [-0.39, 0.29) is 0 Å². The maximum atomic E-state index is 11.2. The lowest BCUT2D eigenvalue weighted by molar-refractivity contribution is 0.0616. The zero-order valence-corrected chi connectivity index (χ0v) is 10.7. The number of rotatable bonds is 3.